The maximum Gasteiger partial charge on any atom is 0.331 e. The van der Waals surface area contributed by atoms with Crippen LogP contribution in [0, 0.1) is 4.64 Å². The molecule has 8 nitrogen and oxygen atoms in total. The van der Waals surface area contributed by atoms with Gasteiger partial charge in [-0.05, 0) is 17.7 Å². The van der Waals surface area contributed by atoms with Crippen LogP contribution in [0.4, 0.5) is 0 Å². The van der Waals surface area contributed by atoms with Crippen LogP contribution in [0.15, 0.2) is 48.0 Å². The number of ether oxygens (including phenoxy) is 1. The van der Waals surface area contributed by atoms with Crippen LogP contribution >= 0.6 is 12.2 Å². The second kappa shape index (κ2) is 6.73. The van der Waals surface area contributed by atoms with Gasteiger partial charge >= 0.3 is 5.97 Å². The van der Waals surface area contributed by atoms with Crippen LogP contribution in [0.3, 0.4) is 0 Å². The molecule has 128 valence electrons. The van der Waals surface area contributed by atoms with E-state index in [4.69, 9.17) is 17.0 Å². The first-order valence-corrected chi connectivity index (χ1v) is 7.67. The van der Waals surface area contributed by atoms with Crippen molar-refractivity contribution in [3.63, 3.8) is 0 Å². The number of aliphatic carboxylic acids is 1. The lowest BCUT2D eigenvalue weighted by molar-refractivity contribution is -0.139. The van der Waals surface area contributed by atoms with Gasteiger partial charge in [0.25, 0.3) is 5.56 Å². The van der Waals surface area contributed by atoms with E-state index < -0.39 is 17.6 Å². The highest BCUT2D eigenvalue weighted by Gasteiger charge is 2.24. The zero-order valence-electron chi connectivity index (χ0n) is 12.9. The second-order valence-electron chi connectivity index (χ2n) is 5.17. The number of carboxylic acid groups (broad SMARTS) is 1. The number of hydrogen-bond donors (Lipinski definition) is 3. The van der Waals surface area contributed by atoms with Crippen molar-refractivity contribution in [2.75, 3.05) is 6.61 Å². The maximum atomic E-state index is 11.9. The summed E-state index contributed by atoms with van der Waals surface area (Å²) in [4.78, 5) is 27.8. The van der Waals surface area contributed by atoms with E-state index in [9.17, 15) is 14.7 Å². The quantitative estimate of drug-likeness (QED) is 0.459. The Morgan fingerprint density at radius 2 is 2.28 bits per heavy atom. The van der Waals surface area contributed by atoms with Crippen LogP contribution < -0.4 is 10.3 Å². The first-order valence-electron chi connectivity index (χ1n) is 7.27. The van der Waals surface area contributed by atoms with Crippen LogP contribution in [-0.2, 0) is 4.79 Å². The highest BCUT2D eigenvalue weighted by molar-refractivity contribution is 7.71. The van der Waals surface area contributed by atoms with E-state index in [0.717, 1.165) is 0 Å². The Hall–Kier alpha value is -3.20. The molecule has 2 heterocycles. The van der Waals surface area contributed by atoms with Crippen LogP contribution in [0.25, 0.3) is 11.0 Å². The summed E-state index contributed by atoms with van der Waals surface area (Å²) in [6, 6.07) is 5.50. The molecule has 0 bridgehead atoms. The second-order valence-corrected chi connectivity index (χ2v) is 5.56. The maximum absolute atomic E-state index is 11.9. The zero-order chi connectivity index (χ0) is 18.0. The van der Waals surface area contributed by atoms with Crippen molar-refractivity contribution in [1.82, 2.24) is 19.7 Å². The highest BCUT2D eigenvalue weighted by atomic mass is 32.1. The highest BCUT2D eigenvalue weighted by Crippen LogP contribution is 2.24. The lowest BCUT2D eigenvalue weighted by Crippen LogP contribution is -2.22. The molecule has 9 heteroatoms. The van der Waals surface area contributed by atoms with Crippen molar-refractivity contribution in [3.05, 3.63) is 63.8 Å². The molecule has 2 aromatic heterocycles. The molecule has 3 rings (SSSR count). The van der Waals surface area contributed by atoms with Crippen molar-refractivity contribution in [2.24, 2.45) is 0 Å². The molecular weight excluding hydrogens is 344 g/mol. The SMILES string of the molecule is C=CCOc1cccc(C(C(=O)O)n2cnc3[nH][nH]c(=O)c3c2=S)c1. The van der Waals surface area contributed by atoms with Gasteiger partial charge in [0.2, 0.25) is 0 Å². The predicted molar refractivity (Wildman–Crippen MR) is 93.4 cm³/mol. The van der Waals surface area contributed by atoms with Crippen LogP contribution in [0.5, 0.6) is 5.75 Å². The van der Waals surface area contributed by atoms with Gasteiger partial charge in [0, 0.05) is 0 Å². The average molecular weight is 358 g/mol. The minimum Gasteiger partial charge on any atom is -0.490 e. The molecule has 1 unspecified atom stereocenters. The smallest absolute Gasteiger partial charge is 0.331 e. The van der Waals surface area contributed by atoms with Gasteiger partial charge in [-0.15, -0.1) is 0 Å². The molecular formula is C16H14N4O4S. The number of rotatable bonds is 6. The van der Waals surface area contributed by atoms with Crippen molar-refractivity contribution in [2.45, 2.75) is 6.04 Å². The first kappa shape index (κ1) is 16.7. The van der Waals surface area contributed by atoms with Crippen LogP contribution in [0.2, 0.25) is 0 Å². The molecule has 1 aromatic carbocycles. The minimum atomic E-state index is -1.15. The monoisotopic (exact) mass is 358 g/mol. The Morgan fingerprint density at radius 3 is 3.00 bits per heavy atom. The third-order valence-electron chi connectivity index (χ3n) is 3.57. The molecule has 25 heavy (non-hydrogen) atoms. The number of nitrogens with zero attached hydrogens (tertiary/aromatic N) is 2. The van der Waals surface area contributed by atoms with Gasteiger partial charge in [-0.1, -0.05) is 37.0 Å². The molecule has 3 N–H and O–H groups in total. The number of hydrogen-bond acceptors (Lipinski definition) is 5. The fourth-order valence-electron chi connectivity index (χ4n) is 2.48. The van der Waals surface area contributed by atoms with Crippen molar-refractivity contribution < 1.29 is 14.6 Å². The van der Waals surface area contributed by atoms with Gasteiger partial charge in [0.15, 0.2) is 11.7 Å². The van der Waals surface area contributed by atoms with Crippen LogP contribution in [0.1, 0.15) is 11.6 Å². The van der Waals surface area contributed by atoms with Crippen molar-refractivity contribution in [1.29, 1.82) is 0 Å². The summed E-state index contributed by atoms with van der Waals surface area (Å²) in [6.07, 6.45) is 2.89. The fraction of sp³-hybridized carbons (Fsp3) is 0.125. The average Bonchev–Trinajstić information content (AvgIpc) is 2.97. The summed E-state index contributed by atoms with van der Waals surface area (Å²) in [5, 5.41) is 14.8. The predicted octanol–water partition coefficient (Wildman–Crippen LogP) is 2.02. The topological polar surface area (TPSA) is 113 Å². The zero-order valence-corrected chi connectivity index (χ0v) is 13.7. The summed E-state index contributed by atoms with van der Waals surface area (Å²) >= 11 is 5.31. The normalized spacial score (nSPS) is 12.0. The van der Waals surface area contributed by atoms with E-state index in [1.165, 1.54) is 10.9 Å². The molecule has 0 aliphatic heterocycles. The molecule has 0 amide bonds. The summed E-state index contributed by atoms with van der Waals surface area (Å²) in [5.41, 5.74) is 0.269. The molecule has 0 saturated carbocycles. The molecule has 0 aliphatic carbocycles. The summed E-state index contributed by atoms with van der Waals surface area (Å²) in [7, 11) is 0. The van der Waals surface area contributed by atoms with Crippen molar-refractivity contribution >= 4 is 29.2 Å². The third kappa shape index (κ3) is 3.09. The van der Waals surface area contributed by atoms with Crippen molar-refractivity contribution in [3.8, 4) is 5.75 Å². The minimum absolute atomic E-state index is 0.0808. The number of carbonyl (C=O) groups is 1. The lowest BCUT2D eigenvalue weighted by Gasteiger charge is -2.17. The first-order chi connectivity index (χ1) is 12.0. The molecule has 0 fully saturated rings. The number of benzene rings is 1. The number of carboxylic acids is 1. The molecule has 3 aromatic rings. The van der Waals surface area contributed by atoms with Gasteiger partial charge < -0.3 is 14.4 Å². The summed E-state index contributed by atoms with van der Waals surface area (Å²) in [6.45, 7) is 3.87. The van der Waals surface area contributed by atoms with Gasteiger partial charge in [-0.2, -0.15) is 0 Å². The fourth-order valence-corrected chi connectivity index (χ4v) is 2.82. The number of H-pyrrole nitrogens is 2. The summed E-state index contributed by atoms with van der Waals surface area (Å²) < 4.78 is 6.80. The van der Waals surface area contributed by atoms with E-state index in [1.54, 1.807) is 30.3 Å². The number of aromatic nitrogens is 4. The van der Waals surface area contributed by atoms with E-state index >= 15 is 0 Å². The number of aromatic amines is 2. The summed E-state index contributed by atoms with van der Waals surface area (Å²) in [5.74, 6) is -0.631. The molecule has 0 saturated heterocycles. The Morgan fingerprint density at radius 1 is 1.48 bits per heavy atom. The standard InChI is InChI=1S/C16H14N4O4S/c1-2-6-24-10-5-3-4-9(7-10)12(16(22)23)20-8-17-13-11(15(20)25)14(21)19-18-13/h2-5,7-8,12H,1,6H2,(H,22,23)(H2,18,19,21). The van der Waals surface area contributed by atoms with Gasteiger partial charge in [0.05, 0.1) is 6.33 Å². The van der Waals surface area contributed by atoms with E-state index in [2.05, 4.69) is 21.8 Å². The molecule has 0 spiro atoms. The van der Waals surface area contributed by atoms with Gasteiger partial charge in [0.1, 0.15) is 22.4 Å². The van der Waals surface area contributed by atoms with E-state index in [1.807, 2.05) is 0 Å². The Bertz CT molecular complexity index is 1070. The lowest BCUT2D eigenvalue weighted by atomic mass is 10.1. The third-order valence-corrected chi connectivity index (χ3v) is 3.99. The molecule has 0 aliphatic rings. The van der Waals surface area contributed by atoms with E-state index in [-0.39, 0.29) is 15.7 Å². The largest absolute Gasteiger partial charge is 0.490 e. The van der Waals surface area contributed by atoms with Gasteiger partial charge in [-0.3, -0.25) is 15.0 Å². The molecule has 1 atom stereocenters. The number of nitrogens with one attached hydrogen (secondary N) is 2. The number of fused-ring (bicyclic) bond motifs is 1. The van der Waals surface area contributed by atoms with Crippen LogP contribution in [-0.4, -0.2) is 37.4 Å². The Labute approximate surface area is 146 Å². The Balaban J connectivity index is 2.14. The van der Waals surface area contributed by atoms with E-state index in [0.29, 0.717) is 17.9 Å². The van der Waals surface area contributed by atoms with Gasteiger partial charge in [-0.25, -0.2) is 9.78 Å². The Kier molecular flexibility index (Phi) is 4.48. The molecule has 0 radical (unpaired) electrons.